The Balaban J connectivity index is 1.72. The Labute approximate surface area is 155 Å². The average molecular weight is 401 g/mol. The first-order chi connectivity index (χ1) is 12.2. The van der Waals surface area contributed by atoms with Crippen molar-refractivity contribution in [3.05, 3.63) is 35.2 Å². The molecule has 0 bridgehead atoms. The Morgan fingerprint density at radius 1 is 1.35 bits per heavy atom. The molecule has 1 N–H and O–H groups in total. The monoisotopic (exact) mass is 401 g/mol. The molecule has 0 unspecified atom stereocenters. The predicted molar refractivity (Wildman–Crippen MR) is 94.9 cm³/mol. The van der Waals surface area contributed by atoms with E-state index in [0.717, 1.165) is 16.5 Å². The number of halogens is 3. The van der Waals surface area contributed by atoms with Gasteiger partial charge in [0.1, 0.15) is 11.3 Å². The molecule has 0 spiro atoms. The number of thiazole rings is 1. The minimum Gasteiger partial charge on any atom is -0.361 e. The molecule has 0 aliphatic rings. The van der Waals surface area contributed by atoms with Gasteiger partial charge >= 0.3 is 6.18 Å². The molecule has 3 aromatic rings. The van der Waals surface area contributed by atoms with Gasteiger partial charge in [0, 0.05) is 11.4 Å². The highest BCUT2D eigenvalue weighted by atomic mass is 32.2. The molecule has 0 saturated carbocycles. The van der Waals surface area contributed by atoms with Gasteiger partial charge in [0.05, 0.1) is 22.3 Å². The molecule has 0 atom stereocenters. The number of fused-ring (bicyclic) bond motifs is 1. The summed E-state index contributed by atoms with van der Waals surface area (Å²) in [7, 11) is 0. The molecule has 5 nitrogen and oxygen atoms in total. The topological polar surface area (TPSA) is 68.0 Å². The van der Waals surface area contributed by atoms with Gasteiger partial charge in [-0.1, -0.05) is 16.9 Å². The van der Waals surface area contributed by atoms with E-state index in [-0.39, 0.29) is 11.7 Å². The van der Waals surface area contributed by atoms with Gasteiger partial charge in [-0.2, -0.15) is 13.2 Å². The van der Waals surface area contributed by atoms with Crippen molar-refractivity contribution in [2.45, 2.75) is 30.8 Å². The molecule has 0 fully saturated rings. The van der Waals surface area contributed by atoms with Crippen molar-refractivity contribution in [3.63, 3.8) is 0 Å². The summed E-state index contributed by atoms with van der Waals surface area (Å²) in [6.07, 6.45) is -5.02. The fourth-order valence-corrected chi connectivity index (χ4v) is 4.46. The van der Waals surface area contributed by atoms with Gasteiger partial charge < -0.3 is 9.84 Å². The van der Waals surface area contributed by atoms with Crippen molar-refractivity contribution < 1.29 is 22.5 Å². The molecule has 26 heavy (non-hydrogen) atoms. The number of amides is 1. The summed E-state index contributed by atoms with van der Waals surface area (Å²) >= 11 is 2.37. The van der Waals surface area contributed by atoms with Crippen LogP contribution in [0.5, 0.6) is 0 Å². The molecule has 2 heterocycles. The van der Waals surface area contributed by atoms with Gasteiger partial charge in [0.15, 0.2) is 4.34 Å². The molecule has 0 radical (unpaired) electrons. The average Bonchev–Trinajstić information content (AvgIpc) is 3.08. The van der Waals surface area contributed by atoms with Crippen LogP contribution in [0.1, 0.15) is 28.2 Å². The Morgan fingerprint density at radius 2 is 2.12 bits per heavy atom. The highest BCUT2D eigenvalue weighted by Gasteiger charge is 2.26. The molecule has 0 aliphatic carbocycles. The predicted octanol–water partition coefficient (Wildman–Crippen LogP) is 5.20. The van der Waals surface area contributed by atoms with Gasteiger partial charge in [-0.15, -0.1) is 11.3 Å². The van der Waals surface area contributed by atoms with Crippen LogP contribution in [0, 0.1) is 13.8 Å². The number of anilines is 1. The fraction of sp³-hybridized carbons (Fsp3) is 0.312. The Hall–Kier alpha value is -2.07. The van der Waals surface area contributed by atoms with E-state index in [1.165, 1.54) is 11.3 Å². The van der Waals surface area contributed by atoms with Crippen molar-refractivity contribution in [1.82, 2.24) is 10.1 Å². The number of aromatic nitrogens is 2. The first-order valence-corrected chi connectivity index (χ1v) is 9.37. The summed E-state index contributed by atoms with van der Waals surface area (Å²) in [5, 5.41) is 6.53. The van der Waals surface area contributed by atoms with E-state index in [1.54, 1.807) is 32.0 Å². The van der Waals surface area contributed by atoms with Crippen molar-refractivity contribution in [1.29, 1.82) is 0 Å². The highest BCUT2D eigenvalue weighted by Crippen LogP contribution is 2.33. The number of aryl methyl sites for hydroxylation is 2. The van der Waals surface area contributed by atoms with E-state index in [9.17, 15) is 18.0 Å². The number of hydrogen-bond acceptors (Lipinski definition) is 6. The van der Waals surface area contributed by atoms with Crippen LogP contribution >= 0.6 is 23.1 Å². The molecular weight excluding hydrogens is 387 g/mol. The third-order valence-electron chi connectivity index (χ3n) is 3.50. The van der Waals surface area contributed by atoms with Gasteiger partial charge in [-0.3, -0.25) is 4.79 Å². The molecule has 0 aliphatic heterocycles. The van der Waals surface area contributed by atoms with E-state index >= 15 is 0 Å². The van der Waals surface area contributed by atoms with Gasteiger partial charge in [0.25, 0.3) is 5.91 Å². The molecule has 10 heteroatoms. The number of thioether (sulfide) groups is 1. The standard InChI is InChI=1S/C16H14F3N3O2S2/c1-8-13(9(2)24-22-8)14(23)20-10-3-4-11-12(7-10)26-15(21-11)25-6-5-16(17,18)19/h3-4,7H,5-6H2,1-2H3,(H,20,23). The molecule has 3 rings (SSSR count). The SMILES string of the molecule is Cc1noc(C)c1C(=O)Nc1ccc2nc(SCCC(F)(F)F)sc2c1. The summed E-state index contributed by atoms with van der Waals surface area (Å²) in [4.78, 5) is 16.7. The van der Waals surface area contributed by atoms with E-state index in [4.69, 9.17) is 4.52 Å². The van der Waals surface area contributed by atoms with E-state index in [2.05, 4.69) is 15.5 Å². The minimum absolute atomic E-state index is 0.0705. The Bertz CT molecular complexity index is 931. The van der Waals surface area contributed by atoms with E-state index in [1.807, 2.05) is 0 Å². The number of carbonyl (C=O) groups excluding carboxylic acids is 1. The molecule has 138 valence electrons. The van der Waals surface area contributed by atoms with Crippen LogP contribution in [0.25, 0.3) is 10.2 Å². The number of alkyl halides is 3. The normalized spacial score (nSPS) is 11.9. The second kappa shape index (κ2) is 7.28. The minimum atomic E-state index is -4.17. The zero-order valence-corrected chi connectivity index (χ0v) is 15.4. The summed E-state index contributed by atoms with van der Waals surface area (Å²) in [5.41, 5.74) is 2.14. The zero-order valence-electron chi connectivity index (χ0n) is 13.8. The molecule has 1 amide bonds. The van der Waals surface area contributed by atoms with Crippen LogP contribution < -0.4 is 5.32 Å². The van der Waals surface area contributed by atoms with Crippen molar-refractivity contribution in [3.8, 4) is 0 Å². The maximum Gasteiger partial charge on any atom is 0.389 e. The number of nitrogens with one attached hydrogen (secondary N) is 1. The lowest BCUT2D eigenvalue weighted by Gasteiger charge is -2.04. The first-order valence-electron chi connectivity index (χ1n) is 7.57. The van der Waals surface area contributed by atoms with Crippen LogP contribution in [0.15, 0.2) is 27.1 Å². The van der Waals surface area contributed by atoms with Crippen molar-refractivity contribution >= 4 is 44.9 Å². The lowest BCUT2D eigenvalue weighted by atomic mass is 10.2. The maximum atomic E-state index is 12.4. The smallest absolute Gasteiger partial charge is 0.361 e. The molecular formula is C16H14F3N3O2S2. The van der Waals surface area contributed by atoms with Crippen molar-refractivity contribution in [2.75, 3.05) is 11.1 Å². The second-order valence-corrected chi connectivity index (χ2v) is 7.90. The number of nitrogens with zero attached hydrogens (tertiary/aromatic N) is 2. The molecule has 1 aromatic carbocycles. The third-order valence-corrected chi connectivity index (χ3v) is 5.66. The van der Waals surface area contributed by atoms with Crippen molar-refractivity contribution in [2.24, 2.45) is 0 Å². The first kappa shape index (κ1) is 18.7. The molecule has 0 saturated heterocycles. The lowest BCUT2D eigenvalue weighted by molar-refractivity contribution is -0.129. The van der Waals surface area contributed by atoms with Crippen LogP contribution in [0.4, 0.5) is 18.9 Å². The van der Waals surface area contributed by atoms with Crippen LogP contribution in [0.3, 0.4) is 0 Å². The summed E-state index contributed by atoms with van der Waals surface area (Å²) in [5.74, 6) is 0.0333. The summed E-state index contributed by atoms with van der Waals surface area (Å²) in [6.45, 7) is 3.34. The van der Waals surface area contributed by atoms with Crippen LogP contribution in [0.2, 0.25) is 0 Å². The Kier molecular flexibility index (Phi) is 5.24. The molecule has 2 aromatic heterocycles. The zero-order chi connectivity index (χ0) is 18.9. The van der Waals surface area contributed by atoms with E-state index < -0.39 is 12.6 Å². The summed E-state index contributed by atoms with van der Waals surface area (Å²) < 4.78 is 43.0. The van der Waals surface area contributed by atoms with Gasteiger partial charge in [-0.05, 0) is 32.0 Å². The number of benzene rings is 1. The lowest BCUT2D eigenvalue weighted by Crippen LogP contribution is -2.13. The fourth-order valence-electron chi connectivity index (χ4n) is 2.30. The quantitative estimate of drug-likeness (QED) is 0.595. The number of carbonyl (C=O) groups is 1. The highest BCUT2D eigenvalue weighted by molar-refractivity contribution is 8.01. The van der Waals surface area contributed by atoms with Gasteiger partial charge in [0.2, 0.25) is 0 Å². The second-order valence-electron chi connectivity index (χ2n) is 5.53. The van der Waals surface area contributed by atoms with E-state index in [0.29, 0.717) is 32.6 Å². The van der Waals surface area contributed by atoms with Crippen LogP contribution in [-0.4, -0.2) is 28.0 Å². The van der Waals surface area contributed by atoms with Gasteiger partial charge in [-0.25, -0.2) is 4.98 Å². The number of rotatable bonds is 5. The Morgan fingerprint density at radius 3 is 2.77 bits per heavy atom. The third kappa shape index (κ3) is 4.36. The van der Waals surface area contributed by atoms with Crippen LogP contribution in [-0.2, 0) is 0 Å². The summed E-state index contributed by atoms with van der Waals surface area (Å²) in [6, 6.07) is 5.17. The maximum absolute atomic E-state index is 12.4. The number of hydrogen-bond donors (Lipinski definition) is 1. The largest absolute Gasteiger partial charge is 0.389 e.